The highest BCUT2D eigenvalue weighted by molar-refractivity contribution is 5.77. The van der Waals surface area contributed by atoms with Crippen molar-refractivity contribution in [3.8, 4) is 0 Å². The largest absolute Gasteiger partial charge is 0.370 e. The van der Waals surface area contributed by atoms with Gasteiger partial charge in [-0.2, -0.15) is 0 Å². The van der Waals surface area contributed by atoms with Crippen molar-refractivity contribution in [2.75, 3.05) is 0 Å². The van der Waals surface area contributed by atoms with Gasteiger partial charge in [0.2, 0.25) is 0 Å². The summed E-state index contributed by atoms with van der Waals surface area (Å²) in [6, 6.07) is -0.220. The molecule has 6 heteroatoms. The fourth-order valence-corrected chi connectivity index (χ4v) is 1.47. The number of allylic oxidation sites excluding steroid dienone is 2. The van der Waals surface area contributed by atoms with Crippen LogP contribution in [0.3, 0.4) is 0 Å². The summed E-state index contributed by atoms with van der Waals surface area (Å²) in [6.07, 6.45) is 7.41. The fraction of sp³-hybridized carbons (Fsp3) is 0.333. The number of guanidine groups is 2. The van der Waals surface area contributed by atoms with Crippen molar-refractivity contribution in [1.29, 1.82) is 5.41 Å². The molecule has 0 spiro atoms. The number of nitrogens with one attached hydrogen (secondary N) is 2. The molecule has 0 amide bonds. The van der Waals surface area contributed by atoms with Gasteiger partial charge in [0.1, 0.15) is 5.54 Å². The second-order valence-corrected chi connectivity index (χ2v) is 3.54. The molecule has 6 nitrogen and oxygen atoms in total. The van der Waals surface area contributed by atoms with Crippen molar-refractivity contribution in [3.05, 3.63) is 24.3 Å². The molecular formula is C9H16N6. The van der Waals surface area contributed by atoms with Gasteiger partial charge in [-0.15, -0.1) is 0 Å². The van der Waals surface area contributed by atoms with Crippen LogP contribution in [-0.2, 0) is 0 Å². The summed E-state index contributed by atoms with van der Waals surface area (Å²) in [4.78, 5) is 4.12. The van der Waals surface area contributed by atoms with Gasteiger partial charge in [0, 0.05) is 0 Å². The summed E-state index contributed by atoms with van der Waals surface area (Å²) in [5.41, 5.74) is 15.4. The van der Waals surface area contributed by atoms with Gasteiger partial charge in [-0.25, -0.2) is 4.99 Å². The Hall–Kier alpha value is -1.98. The lowest BCUT2D eigenvalue weighted by Crippen LogP contribution is -2.51. The van der Waals surface area contributed by atoms with E-state index in [4.69, 9.17) is 22.6 Å². The quantitative estimate of drug-likeness (QED) is 0.294. The van der Waals surface area contributed by atoms with Crippen LogP contribution in [0.5, 0.6) is 0 Å². The van der Waals surface area contributed by atoms with Crippen molar-refractivity contribution in [3.63, 3.8) is 0 Å². The van der Waals surface area contributed by atoms with Crippen molar-refractivity contribution in [2.45, 2.75) is 18.5 Å². The molecule has 0 saturated carbocycles. The predicted octanol–water partition coefficient (Wildman–Crippen LogP) is -1.00. The fourth-order valence-electron chi connectivity index (χ4n) is 1.47. The van der Waals surface area contributed by atoms with E-state index in [9.17, 15) is 0 Å². The minimum atomic E-state index is -0.612. The highest BCUT2D eigenvalue weighted by Crippen LogP contribution is 2.22. The summed E-state index contributed by atoms with van der Waals surface area (Å²) in [5.74, 6) is -0.107. The topological polar surface area (TPSA) is 126 Å². The third-order valence-electron chi connectivity index (χ3n) is 2.16. The van der Waals surface area contributed by atoms with E-state index in [0.29, 0.717) is 0 Å². The number of rotatable bonds is 2. The molecule has 0 heterocycles. The van der Waals surface area contributed by atoms with Crippen molar-refractivity contribution in [1.82, 2.24) is 5.32 Å². The lowest BCUT2D eigenvalue weighted by molar-refractivity contribution is 0.481. The van der Waals surface area contributed by atoms with Gasteiger partial charge in [0.05, 0.1) is 6.04 Å². The van der Waals surface area contributed by atoms with E-state index in [-0.39, 0.29) is 18.0 Å². The van der Waals surface area contributed by atoms with Crippen LogP contribution in [-0.4, -0.2) is 23.5 Å². The first-order valence-electron chi connectivity index (χ1n) is 4.51. The zero-order valence-electron chi connectivity index (χ0n) is 8.57. The predicted molar refractivity (Wildman–Crippen MR) is 61.3 cm³/mol. The standard InChI is InChI=1S/C9H16N6/c1-9(15-8(12)13)5-3-2-4-6(9)14-7(10)11/h2-6H,1H3,(H4,10,11,14)(H4,12,13,15). The molecule has 0 aromatic heterocycles. The molecule has 0 fully saturated rings. The second-order valence-electron chi connectivity index (χ2n) is 3.54. The first-order valence-corrected chi connectivity index (χ1v) is 4.51. The van der Waals surface area contributed by atoms with Crippen LogP contribution in [0.25, 0.3) is 0 Å². The number of nitrogens with zero attached hydrogens (tertiary/aromatic N) is 1. The maximum atomic E-state index is 7.19. The van der Waals surface area contributed by atoms with Crippen LogP contribution in [0.4, 0.5) is 0 Å². The van der Waals surface area contributed by atoms with Crippen LogP contribution in [0.1, 0.15) is 6.92 Å². The zero-order chi connectivity index (χ0) is 11.5. The average molecular weight is 208 g/mol. The van der Waals surface area contributed by atoms with Crippen LogP contribution in [0, 0.1) is 5.41 Å². The van der Waals surface area contributed by atoms with E-state index in [0.717, 1.165) is 0 Å². The molecular weight excluding hydrogens is 192 g/mol. The first kappa shape index (κ1) is 11.1. The Morgan fingerprint density at radius 1 is 1.40 bits per heavy atom. The molecule has 1 aliphatic rings. The van der Waals surface area contributed by atoms with Gasteiger partial charge in [-0.05, 0) is 6.92 Å². The molecule has 2 unspecified atom stereocenters. The molecule has 0 aromatic carbocycles. The highest BCUT2D eigenvalue weighted by Gasteiger charge is 2.31. The molecule has 1 rings (SSSR count). The summed E-state index contributed by atoms with van der Waals surface area (Å²) in [6.45, 7) is 1.85. The van der Waals surface area contributed by atoms with E-state index in [1.165, 1.54) is 0 Å². The van der Waals surface area contributed by atoms with Crippen LogP contribution in [0.15, 0.2) is 29.3 Å². The molecule has 0 bridgehead atoms. The Bertz CT molecular complexity index is 339. The van der Waals surface area contributed by atoms with Gasteiger partial charge in [-0.3, -0.25) is 5.41 Å². The van der Waals surface area contributed by atoms with E-state index < -0.39 is 5.54 Å². The van der Waals surface area contributed by atoms with Gasteiger partial charge in [-0.1, -0.05) is 24.3 Å². The Morgan fingerprint density at radius 3 is 2.60 bits per heavy atom. The van der Waals surface area contributed by atoms with Crippen molar-refractivity contribution < 1.29 is 0 Å². The normalized spacial score (nSPS) is 28.5. The smallest absolute Gasteiger partial charge is 0.186 e. The molecule has 0 aromatic rings. The maximum absolute atomic E-state index is 7.19. The second kappa shape index (κ2) is 4.04. The molecule has 0 radical (unpaired) electrons. The SMILES string of the molecule is CC1(N=C(N)N)C=CC=CC1NC(=N)N. The molecule has 0 saturated heterocycles. The summed E-state index contributed by atoms with van der Waals surface area (Å²) in [7, 11) is 0. The monoisotopic (exact) mass is 208 g/mol. The summed E-state index contributed by atoms with van der Waals surface area (Å²) < 4.78 is 0. The van der Waals surface area contributed by atoms with E-state index in [1.54, 1.807) is 0 Å². The lowest BCUT2D eigenvalue weighted by atomic mass is 9.89. The average Bonchev–Trinajstić information content (AvgIpc) is 2.07. The summed E-state index contributed by atoms with van der Waals surface area (Å²) in [5, 5.41) is 9.97. The molecule has 0 aliphatic heterocycles. The van der Waals surface area contributed by atoms with Crippen molar-refractivity contribution >= 4 is 11.9 Å². The Kier molecular flexibility index (Phi) is 2.99. The Balaban J connectivity index is 2.93. The van der Waals surface area contributed by atoms with Gasteiger partial charge in [0.15, 0.2) is 11.9 Å². The highest BCUT2D eigenvalue weighted by atomic mass is 15.1. The van der Waals surface area contributed by atoms with E-state index in [2.05, 4.69) is 10.3 Å². The molecule has 1 aliphatic carbocycles. The number of hydrogen-bond acceptors (Lipinski definition) is 2. The van der Waals surface area contributed by atoms with Gasteiger partial charge >= 0.3 is 0 Å². The Labute approximate surface area is 88.4 Å². The van der Waals surface area contributed by atoms with E-state index in [1.807, 2.05) is 31.2 Å². The molecule has 82 valence electrons. The van der Waals surface area contributed by atoms with Gasteiger partial charge < -0.3 is 22.5 Å². The Morgan fingerprint density at radius 2 is 2.07 bits per heavy atom. The third kappa shape index (κ3) is 2.73. The third-order valence-corrected chi connectivity index (χ3v) is 2.16. The molecule has 2 atom stereocenters. The van der Waals surface area contributed by atoms with Crippen molar-refractivity contribution in [2.24, 2.45) is 22.2 Å². The maximum Gasteiger partial charge on any atom is 0.186 e. The zero-order valence-corrected chi connectivity index (χ0v) is 8.57. The van der Waals surface area contributed by atoms with Gasteiger partial charge in [0.25, 0.3) is 0 Å². The molecule has 8 N–H and O–H groups in total. The minimum absolute atomic E-state index is 0.00722. The first-order chi connectivity index (χ1) is 6.94. The lowest BCUT2D eigenvalue weighted by Gasteiger charge is -2.32. The summed E-state index contributed by atoms with van der Waals surface area (Å²) >= 11 is 0. The number of hydrogen-bond donors (Lipinski definition) is 5. The molecule has 15 heavy (non-hydrogen) atoms. The van der Waals surface area contributed by atoms with Crippen LogP contribution >= 0.6 is 0 Å². The van der Waals surface area contributed by atoms with Crippen LogP contribution in [0.2, 0.25) is 0 Å². The number of aliphatic imine (C=N–C) groups is 1. The minimum Gasteiger partial charge on any atom is -0.370 e. The van der Waals surface area contributed by atoms with E-state index >= 15 is 0 Å². The number of nitrogens with two attached hydrogens (primary N) is 3. The van der Waals surface area contributed by atoms with Crippen LogP contribution < -0.4 is 22.5 Å².